The van der Waals surface area contributed by atoms with Crippen LogP contribution in [0.15, 0.2) is 30.3 Å². The molecule has 4 amide bonds. The van der Waals surface area contributed by atoms with E-state index in [9.17, 15) is 19.5 Å². The number of β-amino-alcohol motifs (C(OH)–C–C–N with tert-alkyl or cyclic N) is 1. The number of nitrogens with zero attached hydrogens (tertiary/aromatic N) is 2. The Morgan fingerprint density at radius 3 is 2.39 bits per heavy atom. The van der Waals surface area contributed by atoms with Crippen molar-refractivity contribution in [2.45, 2.75) is 77.9 Å². The number of likely N-dealkylation sites (tertiary alicyclic amines) is 2. The van der Waals surface area contributed by atoms with E-state index in [-0.39, 0.29) is 37.2 Å². The summed E-state index contributed by atoms with van der Waals surface area (Å²) in [6.07, 6.45) is -0.938. The van der Waals surface area contributed by atoms with Crippen molar-refractivity contribution >= 4 is 18.0 Å². The first kappa shape index (κ1) is 24.8. The zero-order valence-corrected chi connectivity index (χ0v) is 20.1. The number of urea groups is 1. The molecule has 3 rings (SSSR count). The van der Waals surface area contributed by atoms with E-state index < -0.39 is 29.7 Å². The quantitative estimate of drug-likeness (QED) is 0.623. The standard InChI is InChI=1S/C24H36N4O5/c1-15(2)25-22(31)28-13-18(29)19-17(28)11-12-27(19)21(30)20(24(3,4)5)26-23(32)33-14-16-9-7-6-8-10-16/h6-10,15,17-20,29H,11-14H2,1-5H3,(H,25,31)(H,26,32). The number of aliphatic hydroxyl groups excluding tert-OH is 1. The van der Waals surface area contributed by atoms with Crippen LogP contribution in [0.5, 0.6) is 0 Å². The van der Waals surface area contributed by atoms with Crippen molar-refractivity contribution in [3.8, 4) is 0 Å². The zero-order valence-electron chi connectivity index (χ0n) is 20.1. The van der Waals surface area contributed by atoms with Crippen LogP contribution in [0.25, 0.3) is 0 Å². The molecule has 2 saturated heterocycles. The van der Waals surface area contributed by atoms with Crippen LogP contribution in [-0.2, 0) is 16.1 Å². The van der Waals surface area contributed by atoms with Gasteiger partial charge in [0.25, 0.3) is 0 Å². The Balaban J connectivity index is 1.68. The van der Waals surface area contributed by atoms with Gasteiger partial charge < -0.3 is 30.3 Å². The summed E-state index contributed by atoms with van der Waals surface area (Å²) >= 11 is 0. The minimum Gasteiger partial charge on any atom is -0.445 e. The number of hydrogen-bond acceptors (Lipinski definition) is 5. The van der Waals surface area contributed by atoms with E-state index in [4.69, 9.17) is 4.74 Å². The maximum Gasteiger partial charge on any atom is 0.408 e. The van der Waals surface area contributed by atoms with Crippen LogP contribution in [0.1, 0.15) is 46.6 Å². The third-order valence-electron chi connectivity index (χ3n) is 6.14. The van der Waals surface area contributed by atoms with Gasteiger partial charge in [0.1, 0.15) is 12.6 Å². The summed E-state index contributed by atoms with van der Waals surface area (Å²) in [7, 11) is 0. The highest BCUT2D eigenvalue weighted by Gasteiger charge is 2.53. The van der Waals surface area contributed by atoms with Crippen LogP contribution in [0.3, 0.4) is 0 Å². The number of benzene rings is 1. The Kier molecular flexibility index (Phi) is 7.51. The molecule has 4 unspecified atom stereocenters. The fourth-order valence-electron chi connectivity index (χ4n) is 4.57. The normalized spacial score (nSPS) is 23.3. The summed E-state index contributed by atoms with van der Waals surface area (Å²) in [6, 6.07) is 7.45. The van der Waals surface area contributed by atoms with Crippen LogP contribution in [0.2, 0.25) is 0 Å². The number of ether oxygens (including phenoxy) is 1. The van der Waals surface area contributed by atoms with Gasteiger partial charge in [0, 0.05) is 12.6 Å². The van der Waals surface area contributed by atoms with Gasteiger partial charge in [0.15, 0.2) is 0 Å². The number of carbonyl (C=O) groups excluding carboxylic acids is 3. The van der Waals surface area contributed by atoms with Gasteiger partial charge in [-0.2, -0.15) is 0 Å². The van der Waals surface area contributed by atoms with Gasteiger partial charge >= 0.3 is 12.1 Å². The number of carbonyl (C=O) groups is 3. The number of fused-ring (bicyclic) bond motifs is 1. The Bertz CT molecular complexity index is 854. The van der Waals surface area contributed by atoms with E-state index in [0.29, 0.717) is 13.0 Å². The molecule has 3 N–H and O–H groups in total. The SMILES string of the molecule is CC(C)NC(=O)N1CC(O)C2C1CCN2C(=O)C(NC(=O)OCc1ccccc1)C(C)(C)C. The maximum atomic E-state index is 13.6. The first-order valence-corrected chi connectivity index (χ1v) is 11.5. The Hall–Kier alpha value is -2.81. The first-order chi connectivity index (χ1) is 15.5. The molecule has 2 aliphatic rings. The average molecular weight is 461 g/mol. The number of amides is 4. The molecule has 0 saturated carbocycles. The maximum absolute atomic E-state index is 13.6. The van der Waals surface area contributed by atoms with Crippen molar-refractivity contribution in [1.29, 1.82) is 0 Å². The minimum atomic E-state index is -0.843. The molecule has 0 radical (unpaired) electrons. The van der Waals surface area contributed by atoms with Crippen molar-refractivity contribution < 1.29 is 24.2 Å². The second-order valence-electron chi connectivity index (χ2n) is 10.2. The van der Waals surface area contributed by atoms with Crippen molar-refractivity contribution in [1.82, 2.24) is 20.4 Å². The largest absolute Gasteiger partial charge is 0.445 e. The number of rotatable bonds is 5. The Morgan fingerprint density at radius 1 is 1.12 bits per heavy atom. The lowest BCUT2D eigenvalue weighted by molar-refractivity contribution is -0.138. The number of hydrogen-bond donors (Lipinski definition) is 3. The molecule has 0 aliphatic carbocycles. The molecule has 182 valence electrons. The van der Waals surface area contributed by atoms with E-state index in [1.807, 2.05) is 65.0 Å². The lowest BCUT2D eigenvalue weighted by atomic mass is 9.85. The van der Waals surface area contributed by atoms with Crippen molar-refractivity contribution in [3.63, 3.8) is 0 Å². The van der Waals surface area contributed by atoms with Crippen LogP contribution < -0.4 is 10.6 Å². The Morgan fingerprint density at radius 2 is 1.79 bits per heavy atom. The lowest BCUT2D eigenvalue weighted by Gasteiger charge is -2.36. The van der Waals surface area contributed by atoms with Crippen LogP contribution in [-0.4, -0.2) is 76.3 Å². The lowest BCUT2D eigenvalue weighted by Crippen LogP contribution is -2.57. The molecule has 4 atom stereocenters. The van der Waals surface area contributed by atoms with Gasteiger partial charge in [0.2, 0.25) is 5.91 Å². The van der Waals surface area contributed by atoms with Gasteiger partial charge in [-0.15, -0.1) is 0 Å². The topological polar surface area (TPSA) is 111 Å². The molecule has 2 aliphatic heterocycles. The van der Waals surface area contributed by atoms with Gasteiger partial charge in [-0.25, -0.2) is 9.59 Å². The average Bonchev–Trinajstić information content (AvgIpc) is 3.31. The monoisotopic (exact) mass is 460 g/mol. The van der Waals surface area contributed by atoms with Gasteiger partial charge in [-0.3, -0.25) is 4.79 Å². The van der Waals surface area contributed by atoms with E-state index in [1.54, 1.807) is 9.80 Å². The van der Waals surface area contributed by atoms with E-state index in [2.05, 4.69) is 10.6 Å². The van der Waals surface area contributed by atoms with Crippen molar-refractivity contribution in [3.05, 3.63) is 35.9 Å². The summed E-state index contributed by atoms with van der Waals surface area (Å²) in [5, 5.41) is 16.3. The Labute approximate surface area is 195 Å². The molecular formula is C24H36N4O5. The molecule has 0 spiro atoms. The van der Waals surface area contributed by atoms with Crippen molar-refractivity contribution in [2.24, 2.45) is 5.41 Å². The van der Waals surface area contributed by atoms with E-state index >= 15 is 0 Å². The number of alkyl carbamates (subject to hydrolysis) is 1. The van der Waals surface area contributed by atoms with Gasteiger partial charge in [-0.05, 0) is 31.2 Å². The highest BCUT2D eigenvalue weighted by atomic mass is 16.5. The zero-order chi connectivity index (χ0) is 24.3. The van der Waals surface area contributed by atoms with E-state index in [0.717, 1.165) is 5.56 Å². The molecule has 1 aromatic carbocycles. The molecule has 33 heavy (non-hydrogen) atoms. The fraction of sp³-hybridized carbons (Fsp3) is 0.625. The third kappa shape index (κ3) is 5.76. The second kappa shape index (κ2) is 9.99. The summed E-state index contributed by atoms with van der Waals surface area (Å²) in [5.41, 5.74) is 0.265. The summed E-state index contributed by atoms with van der Waals surface area (Å²) < 4.78 is 5.33. The predicted octanol–water partition coefficient (Wildman–Crippen LogP) is 2.09. The molecule has 9 nitrogen and oxygen atoms in total. The molecule has 1 aromatic rings. The molecular weight excluding hydrogens is 424 g/mol. The highest BCUT2D eigenvalue weighted by Crippen LogP contribution is 2.34. The first-order valence-electron chi connectivity index (χ1n) is 11.5. The molecule has 2 fully saturated rings. The molecule has 0 bridgehead atoms. The number of aliphatic hydroxyl groups is 1. The molecule has 2 heterocycles. The van der Waals surface area contributed by atoms with E-state index in [1.165, 1.54) is 0 Å². The summed E-state index contributed by atoms with van der Waals surface area (Å²) in [4.78, 5) is 41.9. The highest BCUT2D eigenvalue weighted by molar-refractivity contribution is 5.87. The van der Waals surface area contributed by atoms with Crippen molar-refractivity contribution in [2.75, 3.05) is 13.1 Å². The van der Waals surface area contributed by atoms with Gasteiger partial charge in [0.05, 0.1) is 24.7 Å². The molecule has 9 heteroatoms. The van der Waals surface area contributed by atoms with Crippen LogP contribution in [0.4, 0.5) is 9.59 Å². The van der Waals surface area contributed by atoms with Gasteiger partial charge in [-0.1, -0.05) is 51.1 Å². The van der Waals surface area contributed by atoms with Crippen LogP contribution >= 0.6 is 0 Å². The number of nitrogens with one attached hydrogen (secondary N) is 2. The fourth-order valence-corrected chi connectivity index (χ4v) is 4.57. The minimum absolute atomic E-state index is 0.0239. The summed E-state index contributed by atoms with van der Waals surface area (Å²) in [5.74, 6) is -0.281. The summed E-state index contributed by atoms with van der Waals surface area (Å²) in [6.45, 7) is 10.0. The smallest absolute Gasteiger partial charge is 0.408 e. The molecule has 0 aromatic heterocycles. The second-order valence-corrected chi connectivity index (χ2v) is 10.2. The van der Waals surface area contributed by atoms with Crippen LogP contribution in [0, 0.1) is 5.41 Å². The third-order valence-corrected chi connectivity index (χ3v) is 6.14. The predicted molar refractivity (Wildman–Crippen MR) is 123 cm³/mol.